The van der Waals surface area contributed by atoms with Crippen LogP contribution in [-0.2, 0) is 4.74 Å². The summed E-state index contributed by atoms with van der Waals surface area (Å²) in [4.78, 5) is 21.8. The highest BCUT2D eigenvalue weighted by atomic mass is 16.5. The number of rotatable bonds is 4. The Morgan fingerprint density at radius 1 is 1.11 bits per heavy atom. The van der Waals surface area contributed by atoms with E-state index >= 15 is 0 Å². The molecule has 3 heterocycles. The zero-order valence-electron chi connectivity index (χ0n) is 16.4. The van der Waals surface area contributed by atoms with E-state index in [2.05, 4.69) is 27.0 Å². The second kappa shape index (κ2) is 8.61. The van der Waals surface area contributed by atoms with E-state index in [0.29, 0.717) is 24.8 Å². The van der Waals surface area contributed by atoms with Crippen molar-refractivity contribution in [1.29, 1.82) is 0 Å². The number of nitrogens with one attached hydrogen (secondary N) is 1. The summed E-state index contributed by atoms with van der Waals surface area (Å²) in [5, 5.41) is 3.03. The van der Waals surface area contributed by atoms with Crippen LogP contribution in [0.4, 0.5) is 17.1 Å². The Hall–Kier alpha value is -2.60. The maximum absolute atomic E-state index is 12.8. The van der Waals surface area contributed by atoms with Crippen molar-refractivity contribution in [2.24, 2.45) is 5.92 Å². The van der Waals surface area contributed by atoms with Gasteiger partial charge in [-0.25, -0.2) is 4.98 Å². The van der Waals surface area contributed by atoms with Crippen LogP contribution in [0, 0.1) is 5.92 Å². The third kappa shape index (κ3) is 4.28. The molecule has 0 aliphatic carbocycles. The van der Waals surface area contributed by atoms with E-state index < -0.39 is 0 Å². The highest BCUT2D eigenvalue weighted by molar-refractivity contribution is 6.04. The molecule has 0 bridgehead atoms. The first-order chi connectivity index (χ1) is 13.7. The van der Waals surface area contributed by atoms with Crippen LogP contribution in [0.5, 0.6) is 0 Å². The van der Waals surface area contributed by atoms with Crippen molar-refractivity contribution in [3.8, 4) is 0 Å². The topological polar surface area (TPSA) is 57.7 Å². The minimum Gasteiger partial charge on any atom is -0.378 e. The van der Waals surface area contributed by atoms with Crippen LogP contribution in [0.2, 0.25) is 0 Å². The predicted octanol–water partition coefficient (Wildman–Crippen LogP) is 3.41. The fraction of sp³-hybridized carbons (Fsp3) is 0.455. The smallest absolute Gasteiger partial charge is 0.274 e. The molecule has 2 aliphatic heterocycles. The highest BCUT2D eigenvalue weighted by Gasteiger charge is 2.19. The van der Waals surface area contributed by atoms with Crippen LogP contribution in [0.25, 0.3) is 0 Å². The van der Waals surface area contributed by atoms with Crippen LogP contribution in [0.15, 0.2) is 42.6 Å². The van der Waals surface area contributed by atoms with Crippen molar-refractivity contribution >= 4 is 23.0 Å². The van der Waals surface area contributed by atoms with E-state index in [1.54, 1.807) is 0 Å². The van der Waals surface area contributed by atoms with E-state index in [4.69, 9.17) is 4.74 Å². The number of ether oxygens (including phenoxy) is 1. The van der Waals surface area contributed by atoms with Gasteiger partial charge >= 0.3 is 0 Å². The molecule has 1 aromatic heterocycles. The summed E-state index contributed by atoms with van der Waals surface area (Å²) in [6.45, 7) is 7.47. The van der Waals surface area contributed by atoms with Gasteiger partial charge in [0.2, 0.25) is 0 Å². The second-order valence-electron chi connectivity index (χ2n) is 7.67. The Bertz CT molecular complexity index is 802. The van der Waals surface area contributed by atoms with Crippen molar-refractivity contribution in [1.82, 2.24) is 4.98 Å². The van der Waals surface area contributed by atoms with E-state index in [9.17, 15) is 4.79 Å². The van der Waals surface area contributed by atoms with Gasteiger partial charge in [-0.1, -0.05) is 19.1 Å². The third-order valence-electron chi connectivity index (χ3n) is 5.51. The summed E-state index contributed by atoms with van der Waals surface area (Å²) in [6.07, 6.45) is 4.32. The zero-order chi connectivity index (χ0) is 19.3. The lowest BCUT2D eigenvalue weighted by atomic mass is 10.00. The number of nitrogens with zero attached hydrogens (tertiary/aromatic N) is 3. The van der Waals surface area contributed by atoms with Gasteiger partial charge in [-0.05, 0) is 43.0 Å². The lowest BCUT2D eigenvalue weighted by Crippen LogP contribution is -2.36. The van der Waals surface area contributed by atoms with Crippen molar-refractivity contribution in [3.63, 3.8) is 0 Å². The number of pyridine rings is 1. The van der Waals surface area contributed by atoms with E-state index in [1.807, 2.05) is 42.6 Å². The Labute approximate surface area is 166 Å². The second-order valence-corrected chi connectivity index (χ2v) is 7.67. The maximum Gasteiger partial charge on any atom is 0.274 e. The molecule has 1 amide bonds. The van der Waals surface area contributed by atoms with Crippen LogP contribution >= 0.6 is 0 Å². The third-order valence-corrected chi connectivity index (χ3v) is 5.51. The minimum atomic E-state index is -0.181. The number of piperidine rings is 1. The molecule has 2 fully saturated rings. The lowest BCUT2D eigenvalue weighted by molar-refractivity contribution is 0.102. The Morgan fingerprint density at radius 2 is 1.93 bits per heavy atom. The number of carbonyl (C=O) groups is 1. The first-order valence-electron chi connectivity index (χ1n) is 10.1. The van der Waals surface area contributed by atoms with Crippen LogP contribution < -0.4 is 15.1 Å². The van der Waals surface area contributed by atoms with Gasteiger partial charge in [-0.3, -0.25) is 4.79 Å². The van der Waals surface area contributed by atoms with Crippen LogP contribution in [0.3, 0.4) is 0 Å². The summed E-state index contributed by atoms with van der Waals surface area (Å²) >= 11 is 0. The Balaban J connectivity index is 1.45. The first-order valence-corrected chi connectivity index (χ1v) is 10.1. The first kappa shape index (κ1) is 18.7. The molecule has 2 aliphatic rings. The molecule has 148 valence electrons. The molecular formula is C22H28N4O2. The number of hydrogen-bond donors (Lipinski definition) is 1. The van der Waals surface area contributed by atoms with Gasteiger partial charge in [-0.15, -0.1) is 0 Å². The average Bonchev–Trinajstić information content (AvgIpc) is 2.75. The lowest BCUT2D eigenvalue weighted by Gasteiger charge is -2.32. The van der Waals surface area contributed by atoms with Gasteiger partial charge in [0.05, 0.1) is 36.5 Å². The van der Waals surface area contributed by atoms with Gasteiger partial charge in [0.15, 0.2) is 0 Å². The predicted molar refractivity (Wildman–Crippen MR) is 112 cm³/mol. The molecule has 1 unspecified atom stereocenters. The number of carbonyl (C=O) groups excluding carboxylic acids is 1. The average molecular weight is 380 g/mol. The molecule has 0 saturated carbocycles. The van der Waals surface area contributed by atoms with E-state index in [-0.39, 0.29) is 5.91 Å². The Morgan fingerprint density at radius 3 is 2.68 bits per heavy atom. The summed E-state index contributed by atoms with van der Waals surface area (Å²) in [5.41, 5.74) is 3.37. The maximum atomic E-state index is 12.8. The van der Waals surface area contributed by atoms with Gasteiger partial charge in [0.1, 0.15) is 5.69 Å². The van der Waals surface area contributed by atoms with Crippen LogP contribution in [0.1, 0.15) is 30.3 Å². The normalized spacial score (nSPS) is 20.1. The SMILES string of the molecule is CC1CCCN(c2ccc(C(=O)Nc3ccccc3N3CCOCC3)nc2)C1. The van der Waals surface area contributed by atoms with Crippen molar-refractivity contribution in [2.75, 3.05) is 54.5 Å². The van der Waals surface area contributed by atoms with Crippen molar-refractivity contribution in [2.45, 2.75) is 19.8 Å². The molecule has 0 radical (unpaired) electrons. The summed E-state index contributed by atoms with van der Waals surface area (Å²) in [6, 6.07) is 11.7. The Kier molecular flexibility index (Phi) is 5.76. The van der Waals surface area contributed by atoms with Crippen LogP contribution in [-0.4, -0.2) is 50.3 Å². The fourth-order valence-corrected chi connectivity index (χ4v) is 3.98. The molecule has 28 heavy (non-hydrogen) atoms. The number of anilines is 3. The monoisotopic (exact) mass is 380 g/mol. The molecule has 1 N–H and O–H groups in total. The van der Waals surface area contributed by atoms with E-state index in [1.165, 1.54) is 12.8 Å². The van der Waals surface area contributed by atoms with Gasteiger partial charge in [0, 0.05) is 26.2 Å². The minimum absolute atomic E-state index is 0.181. The van der Waals surface area contributed by atoms with Gasteiger partial charge in [-0.2, -0.15) is 0 Å². The van der Waals surface area contributed by atoms with Gasteiger partial charge in [0.25, 0.3) is 5.91 Å². The largest absolute Gasteiger partial charge is 0.378 e. The standard InChI is InChI=1S/C22H28N4O2/c1-17-5-4-10-26(16-17)18-8-9-20(23-15-18)22(27)24-19-6-2-3-7-21(19)25-11-13-28-14-12-25/h2-3,6-9,15,17H,4-5,10-14,16H2,1H3,(H,24,27). The number of para-hydroxylation sites is 2. The number of morpholine rings is 1. The zero-order valence-corrected chi connectivity index (χ0v) is 16.4. The number of hydrogen-bond acceptors (Lipinski definition) is 5. The van der Waals surface area contributed by atoms with E-state index in [0.717, 1.165) is 43.2 Å². The number of amides is 1. The van der Waals surface area contributed by atoms with Gasteiger partial charge < -0.3 is 19.9 Å². The molecule has 1 aromatic carbocycles. The molecular weight excluding hydrogens is 352 g/mol. The molecule has 2 saturated heterocycles. The summed E-state index contributed by atoms with van der Waals surface area (Å²) < 4.78 is 5.44. The summed E-state index contributed by atoms with van der Waals surface area (Å²) in [5.74, 6) is 0.521. The molecule has 2 aromatic rings. The molecule has 0 spiro atoms. The van der Waals surface area contributed by atoms with Crippen molar-refractivity contribution < 1.29 is 9.53 Å². The molecule has 1 atom stereocenters. The fourth-order valence-electron chi connectivity index (χ4n) is 3.98. The number of aromatic nitrogens is 1. The summed E-state index contributed by atoms with van der Waals surface area (Å²) in [7, 11) is 0. The quantitative estimate of drug-likeness (QED) is 0.881. The highest BCUT2D eigenvalue weighted by Crippen LogP contribution is 2.27. The number of benzene rings is 1. The molecule has 6 heteroatoms. The van der Waals surface area contributed by atoms with Crippen molar-refractivity contribution in [3.05, 3.63) is 48.3 Å². The molecule has 4 rings (SSSR count). The molecule has 6 nitrogen and oxygen atoms in total.